The first-order valence-corrected chi connectivity index (χ1v) is 11.0. The number of hydrogen-bond donors (Lipinski definition) is 2. The van der Waals surface area contributed by atoms with Crippen molar-refractivity contribution in [2.45, 2.75) is 51.1 Å². The van der Waals surface area contributed by atoms with Crippen LogP contribution in [0.25, 0.3) is 0 Å². The SMILES string of the molecule is CN(C)C[C@@H](OC(=O)N1Cc2c(NC(=O)C3(C(F)(F)F)CC3)n[nH]c2C1(C)C)c1ccccc1. The van der Waals surface area contributed by atoms with Crippen LogP contribution in [0.2, 0.25) is 0 Å². The number of carbonyl (C=O) groups is 2. The van der Waals surface area contributed by atoms with Gasteiger partial charge in [-0.2, -0.15) is 18.3 Å². The molecule has 2 aliphatic rings. The molecular weight excluding hydrogens is 451 g/mol. The molecule has 1 atom stereocenters. The molecule has 8 nitrogen and oxygen atoms in total. The van der Waals surface area contributed by atoms with Crippen LogP contribution in [0.4, 0.5) is 23.8 Å². The zero-order valence-electron chi connectivity index (χ0n) is 19.5. The van der Waals surface area contributed by atoms with Gasteiger partial charge in [-0.1, -0.05) is 30.3 Å². The number of anilines is 1. The lowest BCUT2D eigenvalue weighted by molar-refractivity contribution is -0.189. The second-order valence-electron chi connectivity index (χ2n) is 9.65. The minimum atomic E-state index is -4.62. The first-order chi connectivity index (χ1) is 15.9. The molecule has 1 saturated carbocycles. The van der Waals surface area contributed by atoms with Crippen molar-refractivity contribution in [1.29, 1.82) is 0 Å². The van der Waals surface area contributed by atoms with Gasteiger partial charge in [0.25, 0.3) is 0 Å². The number of likely N-dealkylation sites (N-methyl/N-ethyl adjacent to an activating group) is 1. The van der Waals surface area contributed by atoms with Gasteiger partial charge in [-0.05, 0) is 46.3 Å². The summed E-state index contributed by atoms with van der Waals surface area (Å²) in [5.74, 6) is -1.12. The minimum Gasteiger partial charge on any atom is -0.440 e. The molecule has 11 heteroatoms. The number of alkyl halides is 3. The van der Waals surface area contributed by atoms with Crippen LogP contribution in [0.3, 0.4) is 0 Å². The predicted molar refractivity (Wildman–Crippen MR) is 118 cm³/mol. The maximum absolute atomic E-state index is 13.3. The van der Waals surface area contributed by atoms with E-state index in [1.54, 1.807) is 13.8 Å². The number of benzene rings is 1. The van der Waals surface area contributed by atoms with Gasteiger partial charge in [0.05, 0.1) is 17.8 Å². The molecule has 0 bridgehead atoms. The number of fused-ring (bicyclic) bond motifs is 1. The third-order valence-corrected chi connectivity index (χ3v) is 6.59. The number of aromatic nitrogens is 2. The summed E-state index contributed by atoms with van der Waals surface area (Å²) in [6, 6.07) is 9.37. The molecule has 2 aromatic rings. The highest BCUT2D eigenvalue weighted by atomic mass is 19.4. The number of aromatic amines is 1. The van der Waals surface area contributed by atoms with E-state index in [9.17, 15) is 22.8 Å². The van der Waals surface area contributed by atoms with E-state index in [0.717, 1.165) is 5.56 Å². The maximum Gasteiger partial charge on any atom is 0.411 e. The van der Waals surface area contributed by atoms with Crippen molar-refractivity contribution in [3.8, 4) is 0 Å². The number of nitrogens with one attached hydrogen (secondary N) is 2. The Hall–Kier alpha value is -3.08. The number of amides is 2. The normalized spacial score (nSPS) is 19.0. The average molecular weight is 480 g/mol. The lowest BCUT2D eigenvalue weighted by atomic mass is 10.0. The molecule has 184 valence electrons. The summed E-state index contributed by atoms with van der Waals surface area (Å²) in [5.41, 5.74) is -1.38. The molecule has 1 aliphatic heterocycles. The summed E-state index contributed by atoms with van der Waals surface area (Å²) >= 11 is 0. The molecule has 1 aliphatic carbocycles. The van der Waals surface area contributed by atoms with Crippen molar-refractivity contribution in [3.05, 3.63) is 47.2 Å². The van der Waals surface area contributed by atoms with Gasteiger partial charge in [0.15, 0.2) is 5.82 Å². The number of halogens is 3. The second kappa shape index (κ2) is 8.30. The van der Waals surface area contributed by atoms with E-state index in [4.69, 9.17) is 4.74 Å². The van der Waals surface area contributed by atoms with Crippen LogP contribution in [0.1, 0.15) is 49.6 Å². The third-order valence-electron chi connectivity index (χ3n) is 6.59. The third kappa shape index (κ3) is 4.13. The van der Waals surface area contributed by atoms with Gasteiger partial charge in [0.2, 0.25) is 5.91 Å². The van der Waals surface area contributed by atoms with E-state index >= 15 is 0 Å². The molecule has 4 rings (SSSR count). The van der Waals surface area contributed by atoms with Crippen molar-refractivity contribution in [2.75, 3.05) is 26.0 Å². The molecule has 0 spiro atoms. The molecule has 2 amide bonds. The summed E-state index contributed by atoms with van der Waals surface area (Å²) in [5, 5.41) is 9.15. The Kier molecular flexibility index (Phi) is 5.87. The Bertz CT molecular complexity index is 1080. The molecule has 0 unspecified atom stereocenters. The van der Waals surface area contributed by atoms with Crippen LogP contribution in [0.15, 0.2) is 30.3 Å². The molecule has 2 N–H and O–H groups in total. The molecule has 0 saturated heterocycles. The molecular formula is C23H28F3N5O3. The average Bonchev–Trinajstić information content (AvgIpc) is 3.42. The Morgan fingerprint density at radius 3 is 2.44 bits per heavy atom. The molecule has 0 radical (unpaired) electrons. The number of H-pyrrole nitrogens is 1. The van der Waals surface area contributed by atoms with E-state index in [2.05, 4.69) is 15.5 Å². The summed E-state index contributed by atoms with van der Waals surface area (Å²) in [6.45, 7) is 4.07. The van der Waals surface area contributed by atoms with Crippen LogP contribution >= 0.6 is 0 Å². The van der Waals surface area contributed by atoms with Crippen LogP contribution in [-0.2, 0) is 21.6 Å². The fourth-order valence-corrected chi connectivity index (χ4v) is 4.30. The Morgan fingerprint density at radius 1 is 1.24 bits per heavy atom. The van der Waals surface area contributed by atoms with Crippen LogP contribution in [0, 0.1) is 5.41 Å². The molecule has 1 fully saturated rings. The Balaban J connectivity index is 1.52. The van der Waals surface area contributed by atoms with Crippen molar-refractivity contribution in [3.63, 3.8) is 0 Å². The zero-order chi connectivity index (χ0) is 24.9. The lowest BCUT2D eigenvalue weighted by Gasteiger charge is -2.33. The standard InChI is InChI=1S/C23H28F3N5O3/c1-21(2)17-15(18(29-28-17)27-19(32)22(10-11-22)23(24,25)26)12-31(21)20(33)34-16(13-30(3)4)14-8-6-5-7-9-14/h5-9,16H,10-13H2,1-4H3,(H2,27,28,29,32)/t16-/m1/s1. The number of hydrogen-bond acceptors (Lipinski definition) is 5. The number of ether oxygens (including phenoxy) is 1. The second-order valence-corrected chi connectivity index (χ2v) is 9.65. The van der Waals surface area contributed by atoms with Crippen molar-refractivity contribution in [1.82, 2.24) is 20.0 Å². The largest absolute Gasteiger partial charge is 0.440 e. The van der Waals surface area contributed by atoms with Crippen LogP contribution in [-0.4, -0.2) is 58.8 Å². The Labute approximate surface area is 195 Å². The van der Waals surface area contributed by atoms with Crippen molar-refractivity contribution in [2.24, 2.45) is 5.41 Å². The number of carbonyl (C=O) groups excluding carboxylic acids is 2. The molecule has 1 aromatic carbocycles. The highest BCUT2D eigenvalue weighted by Crippen LogP contribution is 2.58. The minimum absolute atomic E-state index is 0.00630. The Morgan fingerprint density at radius 2 is 1.88 bits per heavy atom. The zero-order valence-corrected chi connectivity index (χ0v) is 19.5. The quantitative estimate of drug-likeness (QED) is 0.649. The summed E-state index contributed by atoms with van der Waals surface area (Å²) in [6.07, 6.45) is -6.20. The predicted octanol–water partition coefficient (Wildman–Crippen LogP) is 4.18. The maximum atomic E-state index is 13.3. The van der Waals surface area contributed by atoms with Gasteiger partial charge in [0.1, 0.15) is 11.5 Å². The van der Waals surface area contributed by atoms with Gasteiger partial charge < -0.3 is 15.0 Å². The van der Waals surface area contributed by atoms with E-state index in [-0.39, 0.29) is 25.2 Å². The van der Waals surface area contributed by atoms with E-state index in [0.29, 0.717) is 17.8 Å². The first-order valence-electron chi connectivity index (χ1n) is 11.0. The molecule has 34 heavy (non-hydrogen) atoms. The van der Waals surface area contributed by atoms with Gasteiger partial charge >= 0.3 is 12.3 Å². The fraction of sp³-hybridized carbons (Fsp3) is 0.522. The van der Waals surface area contributed by atoms with Crippen LogP contribution < -0.4 is 5.32 Å². The van der Waals surface area contributed by atoms with E-state index in [1.165, 1.54) is 4.90 Å². The first kappa shape index (κ1) is 24.1. The monoisotopic (exact) mass is 479 g/mol. The van der Waals surface area contributed by atoms with Gasteiger partial charge in [-0.25, -0.2) is 4.79 Å². The summed E-state index contributed by atoms with van der Waals surface area (Å²) < 4.78 is 45.9. The van der Waals surface area contributed by atoms with Gasteiger partial charge in [0, 0.05) is 12.1 Å². The van der Waals surface area contributed by atoms with Gasteiger partial charge in [-0.15, -0.1) is 0 Å². The summed E-state index contributed by atoms with van der Waals surface area (Å²) in [4.78, 5) is 29.1. The topological polar surface area (TPSA) is 90.6 Å². The highest BCUT2D eigenvalue weighted by molar-refractivity contribution is 5.98. The number of rotatable bonds is 6. The van der Waals surface area contributed by atoms with Gasteiger partial charge in [-0.3, -0.25) is 14.8 Å². The number of nitrogens with zero attached hydrogens (tertiary/aromatic N) is 3. The van der Waals surface area contributed by atoms with Crippen LogP contribution in [0.5, 0.6) is 0 Å². The fourth-order valence-electron chi connectivity index (χ4n) is 4.30. The van der Waals surface area contributed by atoms with Crippen molar-refractivity contribution >= 4 is 17.8 Å². The molecule has 1 aromatic heterocycles. The summed E-state index contributed by atoms with van der Waals surface area (Å²) in [7, 11) is 3.76. The lowest BCUT2D eigenvalue weighted by Crippen LogP contribution is -2.42. The van der Waals surface area contributed by atoms with E-state index < -0.39 is 35.2 Å². The smallest absolute Gasteiger partial charge is 0.411 e. The molecule has 2 heterocycles. The van der Waals surface area contributed by atoms with E-state index in [1.807, 2.05) is 49.3 Å². The highest BCUT2D eigenvalue weighted by Gasteiger charge is 2.68. The van der Waals surface area contributed by atoms with Crippen molar-refractivity contribution < 1.29 is 27.5 Å².